The summed E-state index contributed by atoms with van der Waals surface area (Å²) >= 11 is 18.5. The van der Waals surface area contributed by atoms with Crippen molar-refractivity contribution >= 4 is 75.0 Å². The van der Waals surface area contributed by atoms with Gasteiger partial charge in [0.2, 0.25) is 0 Å². The van der Waals surface area contributed by atoms with Crippen molar-refractivity contribution in [1.82, 2.24) is 9.59 Å². The third-order valence-electron chi connectivity index (χ3n) is 3.19. The molecule has 6 nitrogen and oxygen atoms in total. The first-order valence-electron chi connectivity index (χ1n) is 7.23. The number of nitrogens with zero attached hydrogens (tertiary/aromatic N) is 2. The molecule has 132 valence electrons. The molecule has 1 aromatic heterocycles. The topological polar surface area (TPSA) is 78.9 Å². The Hall–Kier alpha value is -2.26. The summed E-state index contributed by atoms with van der Waals surface area (Å²) in [6.45, 7) is 0. The Balaban J connectivity index is 1.59. The molecule has 0 aliphatic heterocycles. The highest BCUT2D eigenvalue weighted by Crippen LogP contribution is 2.29. The molecule has 3 rings (SSSR count). The van der Waals surface area contributed by atoms with Crippen LogP contribution in [0.15, 0.2) is 47.8 Å². The second kappa shape index (κ2) is 8.41. The Labute approximate surface area is 168 Å². The predicted octanol–water partition coefficient (Wildman–Crippen LogP) is 4.91. The number of hydrogen-bond acceptors (Lipinski definition) is 5. The second-order valence-corrected chi connectivity index (χ2v) is 6.81. The molecule has 1 heterocycles. The Bertz CT molecular complexity index is 932. The normalized spacial score (nSPS) is 10.2. The van der Waals surface area contributed by atoms with Crippen LogP contribution >= 0.6 is 47.0 Å². The lowest BCUT2D eigenvalue weighted by atomic mass is 10.2. The second-order valence-electron chi connectivity index (χ2n) is 5.00. The molecule has 2 aromatic carbocycles. The number of aromatic nitrogens is 2. The quantitative estimate of drug-likeness (QED) is 0.517. The Morgan fingerprint density at radius 3 is 2.35 bits per heavy atom. The minimum atomic E-state index is -0.313. The number of carbonyl (C=O) groups excluding carboxylic acids is 1. The van der Waals surface area contributed by atoms with Crippen LogP contribution in [0.2, 0.25) is 10.0 Å². The molecule has 26 heavy (non-hydrogen) atoms. The molecular weight excluding hydrogens is 413 g/mol. The maximum absolute atomic E-state index is 11.9. The summed E-state index contributed by atoms with van der Waals surface area (Å²) in [5, 5.41) is 15.2. The highest BCUT2D eigenvalue weighted by atomic mass is 35.5. The molecule has 0 aliphatic carbocycles. The van der Waals surface area contributed by atoms with E-state index in [0.717, 1.165) is 17.2 Å². The molecule has 0 saturated heterocycles. The fourth-order valence-electron chi connectivity index (χ4n) is 1.98. The summed E-state index contributed by atoms with van der Waals surface area (Å²) in [7, 11) is 0. The van der Waals surface area contributed by atoms with E-state index in [2.05, 4.69) is 25.5 Å². The van der Waals surface area contributed by atoms with Crippen LogP contribution in [-0.4, -0.2) is 20.6 Å². The van der Waals surface area contributed by atoms with Crippen molar-refractivity contribution in [3.05, 3.63) is 63.6 Å². The lowest BCUT2D eigenvalue weighted by molar-refractivity contribution is 0.102. The van der Waals surface area contributed by atoms with E-state index in [1.807, 2.05) is 0 Å². The number of halogens is 2. The lowest BCUT2D eigenvalue weighted by Crippen LogP contribution is -2.19. The number of thiocarbonyl (C=S) groups is 1. The summed E-state index contributed by atoms with van der Waals surface area (Å²) < 4.78 is 3.66. The average molecular weight is 424 g/mol. The van der Waals surface area contributed by atoms with Crippen molar-refractivity contribution in [1.29, 1.82) is 0 Å². The molecule has 0 unspecified atom stereocenters. The van der Waals surface area contributed by atoms with Gasteiger partial charge in [-0.1, -0.05) is 33.8 Å². The van der Waals surface area contributed by atoms with Crippen molar-refractivity contribution in [2.45, 2.75) is 0 Å². The van der Waals surface area contributed by atoms with Crippen molar-refractivity contribution in [2.24, 2.45) is 0 Å². The van der Waals surface area contributed by atoms with Crippen molar-refractivity contribution in [3.63, 3.8) is 0 Å². The van der Waals surface area contributed by atoms with E-state index in [0.29, 0.717) is 26.5 Å². The van der Waals surface area contributed by atoms with Gasteiger partial charge in [0.05, 0.1) is 15.7 Å². The highest BCUT2D eigenvalue weighted by Gasteiger charge is 2.09. The van der Waals surface area contributed by atoms with E-state index in [1.54, 1.807) is 47.8 Å². The molecule has 3 N–H and O–H groups in total. The maximum atomic E-state index is 11.9. The van der Waals surface area contributed by atoms with Crippen LogP contribution in [0.5, 0.6) is 0 Å². The van der Waals surface area contributed by atoms with Crippen LogP contribution in [0, 0.1) is 0 Å². The van der Waals surface area contributed by atoms with Crippen molar-refractivity contribution in [2.75, 3.05) is 16.0 Å². The van der Waals surface area contributed by atoms with Crippen LogP contribution in [0.25, 0.3) is 0 Å². The highest BCUT2D eigenvalue weighted by molar-refractivity contribution is 7.80. The predicted molar refractivity (Wildman–Crippen MR) is 111 cm³/mol. The third-order valence-corrected chi connectivity index (χ3v) is 4.72. The van der Waals surface area contributed by atoms with Gasteiger partial charge in [-0.05, 0) is 60.1 Å². The molecule has 0 bridgehead atoms. The number of rotatable bonds is 4. The molecule has 0 radical (unpaired) electrons. The Kier molecular flexibility index (Phi) is 6.00. The molecule has 0 spiro atoms. The average Bonchev–Trinajstić information content (AvgIpc) is 3.15. The first-order valence-corrected chi connectivity index (χ1v) is 9.23. The summed E-state index contributed by atoms with van der Waals surface area (Å²) in [6.07, 6.45) is 0. The number of carbonyl (C=O) groups is 1. The molecule has 0 fully saturated rings. The zero-order valence-corrected chi connectivity index (χ0v) is 16.1. The molecular formula is C16H11Cl2N5OS2. The number of benzene rings is 2. The number of anilines is 3. The zero-order valence-electron chi connectivity index (χ0n) is 13.0. The van der Waals surface area contributed by atoms with E-state index in [1.165, 1.54) is 0 Å². The van der Waals surface area contributed by atoms with Crippen LogP contribution in [0.1, 0.15) is 10.5 Å². The fourth-order valence-corrected chi connectivity index (χ4v) is 2.99. The molecule has 3 aromatic rings. The van der Waals surface area contributed by atoms with Crippen molar-refractivity contribution < 1.29 is 4.79 Å². The fraction of sp³-hybridized carbons (Fsp3) is 0. The summed E-state index contributed by atoms with van der Waals surface area (Å²) in [5.41, 5.74) is 2.26. The summed E-state index contributed by atoms with van der Waals surface area (Å²) in [4.78, 5) is 11.9. The summed E-state index contributed by atoms with van der Waals surface area (Å²) in [5.74, 6) is -0.313. The molecule has 0 aliphatic rings. The Morgan fingerprint density at radius 2 is 1.69 bits per heavy atom. The van der Waals surface area contributed by atoms with E-state index < -0.39 is 0 Å². The summed E-state index contributed by atoms with van der Waals surface area (Å²) in [6, 6.07) is 12.3. The van der Waals surface area contributed by atoms with E-state index in [-0.39, 0.29) is 11.6 Å². The first kappa shape index (κ1) is 18.5. The first-order chi connectivity index (χ1) is 12.5. The van der Waals surface area contributed by atoms with Gasteiger partial charge in [0.25, 0.3) is 5.91 Å². The van der Waals surface area contributed by atoms with Crippen LogP contribution in [-0.2, 0) is 0 Å². The van der Waals surface area contributed by atoms with Crippen LogP contribution < -0.4 is 16.0 Å². The number of amides is 1. The Morgan fingerprint density at radius 1 is 1.00 bits per heavy atom. The molecule has 1 amide bonds. The van der Waals surface area contributed by atoms with Gasteiger partial charge < -0.3 is 16.0 Å². The minimum Gasteiger partial charge on any atom is -0.332 e. The molecule has 0 atom stereocenters. The van der Waals surface area contributed by atoms with E-state index in [4.69, 9.17) is 35.4 Å². The van der Waals surface area contributed by atoms with Gasteiger partial charge in [-0.15, -0.1) is 5.10 Å². The van der Waals surface area contributed by atoms with E-state index >= 15 is 0 Å². The SMILES string of the molecule is O=C(Nc1ccc(NC(=S)Nc2cccc(Cl)c2Cl)cc1)c1csnn1. The molecule has 10 heteroatoms. The van der Waals surface area contributed by atoms with Gasteiger partial charge in [-0.25, -0.2) is 0 Å². The van der Waals surface area contributed by atoms with E-state index in [9.17, 15) is 4.79 Å². The van der Waals surface area contributed by atoms with Gasteiger partial charge in [0.1, 0.15) is 0 Å². The minimum absolute atomic E-state index is 0.279. The lowest BCUT2D eigenvalue weighted by Gasteiger charge is -2.12. The monoisotopic (exact) mass is 423 g/mol. The third kappa shape index (κ3) is 4.67. The van der Waals surface area contributed by atoms with Crippen LogP contribution in [0.4, 0.5) is 17.1 Å². The number of nitrogens with one attached hydrogen (secondary N) is 3. The van der Waals surface area contributed by atoms with Gasteiger partial charge in [0.15, 0.2) is 10.8 Å². The zero-order chi connectivity index (χ0) is 18.5. The van der Waals surface area contributed by atoms with Crippen LogP contribution in [0.3, 0.4) is 0 Å². The van der Waals surface area contributed by atoms with Gasteiger partial charge in [0, 0.05) is 16.8 Å². The van der Waals surface area contributed by atoms with Crippen molar-refractivity contribution in [3.8, 4) is 0 Å². The standard InChI is InChI=1S/C16H11Cl2N5OS2/c17-11-2-1-3-12(14(11)18)21-16(25)20-10-6-4-9(5-7-10)19-15(24)13-8-26-23-22-13/h1-8H,(H,19,24)(H2,20,21,25). The van der Waals surface area contributed by atoms with Gasteiger partial charge >= 0.3 is 0 Å². The van der Waals surface area contributed by atoms with Gasteiger partial charge in [-0.2, -0.15) is 0 Å². The van der Waals surface area contributed by atoms with Gasteiger partial charge in [-0.3, -0.25) is 4.79 Å². The maximum Gasteiger partial charge on any atom is 0.277 e. The largest absolute Gasteiger partial charge is 0.332 e. The number of hydrogen-bond donors (Lipinski definition) is 3. The molecule has 0 saturated carbocycles. The smallest absolute Gasteiger partial charge is 0.277 e.